The van der Waals surface area contributed by atoms with Gasteiger partial charge in [-0.1, -0.05) is 23.9 Å². The van der Waals surface area contributed by atoms with E-state index in [0.29, 0.717) is 28.9 Å². The molecule has 2 heterocycles. The predicted molar refractivity (Wildman–Crippen MR) is 115 cm³/mol. The molecule has 3 rings (SSSR count). The lowest BCUT2D eigenvalue weighted by Crippen LogP contribution is -2.27. The van der Waals surface area contributed by atoms with Gasteiger partial charge in [-0.25, -0.2) is 9.78 Å². The summed E-state index contributed by atoms with van der Waals surface area (Å²) in [5.74, 6) is -0.813. The van der Waals surface area contributed by atoms with Gasteiger partial charge in [0.1, 0.15) is 0 Å². The molecule has 0 bridgehead atoms. The third-order valence-corrected chi connectivity index (χ3v) is 5.78. The average Bonchev–Trinajstić information content (AvgIpc) is 3.10. The fraction of sp³-hybridized carbons (Fsp3) is 0.381. The first kappa shape index (κ1) is 22.5. The Bertz CT molecular complexity index is 1090. The molecule has 1 aliphatic rings. The molecule has 0 aliphatic carbocycles. The number of thioether (sulfide) groups is 1. The fourth-order valence-electron chi connectivity index (χ4n) is 3.12. The van der Waals surface area contributed by atoms with Gasteiger partial charge in [0.2, 0.25) is 5.91 Å². The van der Waals surface area contributed by atoms with E-state index in [2.05, 4.69) is 9.72 Å². The van der Waals surface area contributed by atoms with Gasteiger partial charge in [0.15, 0.2) is 0 Å². The summed E-state index contributed by atoms with van der Waals surface area (Å²) >= 11 is 1.27. The van der Waals surface area contributed by atoms with Crippen LogP contribution in [0.15, 0.2) is 40.4 Å². The van der Waals surface area contributed by atoms with Gasteiger partial charge >= 0.3 is 11.9 Å². The number of amides is 1. The number of aryl methyl sites for hydroxylation is 2. The predicted octanol–water partition coefficient (Wildman–Crippen LogP) is 1.62. The number of hydrogen-bond donors (Lipinski definition) is 0. The first-order valence-corrected chi connectivity index (χ1v) is 10.7. The Balaban J connectivity index is 1.47. The first-order valence-electron chi connectivity index (χ1n) is 9.74. The van der Waals surface area contributed by atoms with Crippen molar-refractivity contribution >= 4 is 40.5 Å². The zero-order valence-corrected chi connectivity index (χ0v) is 18.1. The quantitative estimate of drug-likeness (QED) is 0.343. The van der Waals surface area contributed by atoms with Crippen LogP contribution in [-0.4, -0.2) is 58.3 Å². The van der Waals surface area contributed by atoms with Crippen LogP contribution in [0, 0.1) is 6.92 Å². The molecule has 1 fully saturated rings. The number of carbonyl (C=O) groups excluding carboxylic acids is 3. The molecule has 1 saturated heterocycles. The van der Waals surface area contributed by atoms with Gasteiger partial charge < -0.3 is 14.4 Å². The van der Waals surface area contributed by atoms with E-state index in [0.717, 1.165) is 5.56 Å². The molecule has 9 nitrogen and oxygen atoms in total. The van der Waals surface area contributed by atoms with Crippen molar-refractivity contribution in [1.29, 1.82) is 0 Å². The van der Waals surface area contributed by atoms with E-state index in [9.17, 15) is 19.2 Å². The maximum Gasteiger partial charge on any atom is 0.333 e. The second kappa shape index (κ2) is 10.3. The molecule has 0 spiro atoms. The Labute approximate surface area is 183 Å². The summed E-state index contributed by atoms with van der Waals surface area (Å²) in [6, 6.07) is 5.40. The normalized spacial score (nSPS) is 15.0. The Kier molecular flexibility index (Phi) is 7.45. The van der Waals surface area contributed by atoms with Gasteiger partial charge in [-0.2, -0.15) is 0 Å². The van der Waals surface area contributed by atoms with E-state index in [1.807, 2.05) is 13.0 Å². The SMILES string of the molecule is COC(=O)/C=C1/SCC(=O)N1CCCOC(=O)CCn1cnc2c(C)cccc2c1=O. The number of hydrogen-bond acceptors (Lipinski definition) is 8. The number of rotatable bonds is 8. The van der Waals surface area contributed by atoms with E-state index in [1.165, 1.54) is 40.7 Å². The van der Waals surface area contributed by atoms with Crippen LogP contribution < -0.4 is 5.56 Å². The van der Waals surface area contributed by atoms with Crippen molar-refractivity contribution in [2.24, 2.45) is 0 Å². The molecule has 1 amide bonds. The molecule has 0 saturated carbocycles. The molecule has 1 aromatic heterocycles. The molecule has 1 aliphatic heterocycles. The fourth-order valence-corrected chi connectivity index (χ4v) is 4.07. The summed E-state index contributed by atoms with van der Waals surface area (Å²) in [6.07, 6.45) is 3.17. The summed E-state index contributed by atoms with van der Waals surface area (Å²) in [4.78, 5) is 53.7. The molecule has 0 unspecified atom stereocenters. The molecule has 0 N–H and O–H groups in total. The summed E-state index contributed by atoms with van der Waals surface area (Å²) in [6.45, 7) is 2.51. The maximum atomic E-state index is 12.6. The van der Waals surface area contributed by atoms with Crippen molar-refractivity contribution in [1.82, 2.24) is 14.5 Å². The summed E-state index contributed by atoms with van der Waals surface area (Å²) in [7, 11) is 1.27. The van der Waals surface area contributed by atoms with Gasteiger partial charge in [0.05, 0.1) is 54.2 Å². The highest BCUT2D eigenvalue weighted by Crippen LogP contribution is 2.28. The summed E-state index contributed by atoms with van der Waals surface area (Å²) in [5.41, 5.74) is 1.37. The standard InChI is InChI=1S/C21H23N3O6S/c1-14-5-3-6-15-20(14)22-13-23(21(15)28)9-7-18(26)30-10-4-8-24-16(25)12-31-17(24)11-19(27)29-2/h3,5-6,11,13H,4,7-10,12H2,1-2H3/b17-11+. The molecule has 0 atom stereocenters. The van der Waals surface area contributed by atoms with Gasteiger partial charge in [0, 0.05) is 13.1 Å². The van der Waals surface area contributed by atoms with Crippen LogP contribution in [0.3, 0.4) is 0 Å². The van der Waals surface area contributed by atoms with Gasteiger partial charge in [-0.05, 0) is 25.0 Å². The second-order valence-corrected chi connectivity index (χ2v) is 7.87. The molecular weight excluding hydrogens is 422 g/mol. The van der Waals surface area contributed by atoms with Crippen LogP contribution in [0.2, 0.25) is 0 Å². The van der Waals surface area contributed by atoms with Crippen LogP contribution in [0.1, 0.15) is 18.4 Å². The number of benzene rings is 1. The summed E-state index contributed by atoms with van der Waals surface area (Å²) in [5, 5.41) is 1.04. The third-order valence-electron chi connectivity index (χ3n) is 4.75. The number of esters is 2. The van der Waals surface area contributed by atoms with E-state index in [-0.39, 0.29) is 36.8 Å². The largest absolute Gasteiger partial charge is 0.466 e. The molecule has 10 heteroatoms. The minimum Gasteiger partial charge on any atom is -0.466 e. The highest BCUT2D eigenvalue weighted by atomic mass is 32.2. The van der Waals surface area contributed by atoms with Crippen molar-refractivity contribution in [3.63, 3.8) is 0 Å². The van der Waals surface area contributed by atoms with Crippen LogP contribution in [0.25, 0.3) is 10.9 Å². The monoisotopic (exact) mass is 445 g/mol. The van der Waals surface area contributed by atoms with Crippen LogP contribution in [-0.2, 0) is 30.4 Å². The van der Waals surface area contributed by atoms with Gasteiger partial charge in [-0.3, -0.25) is 19.0 Å². The zero-order chi connectivity index (χ0) is 22.4. The van der Waals surface area contributed by atoms with E-state index in [4.69, 9.17) is 4.74 Å². The van der Waals surface area contributed by atoms with Gasteiger partial charge in [-0.15, -0.1) is 0 Å². The summed E-state index contributed by atoms with van der Waals surface area (Å²) < 4.78 is 11.2. The zero-order valence-electron chi connectivity index (χ0n) is 17.3. The van der Waals surface area contributed by atoms with Gasteiger partial charge in [0.25, 0.3) is 5.56 Å². The van der Waals surface area contributed by atoms with Crippen molar-refractivity contribution in [2.75, 3.05) is 26.0 Å². The lowest BCUT2D eigenvalue weighted by Gasteiger charge is -2.16. The Morgan fingerprint density at radius 1 is 1.26 bits per heavy atom. The number of methoxy groups -OCH3 is 1. The lowest BCUT2D eigenvalue weighted by atomic mass is 10.1. The number of aromatic nitrogens is 2. The van der Waals surface area contributed by atoms with Crippen molar-refractivity contribution in [2.45, 2.75) is 26.3 Å². The number of carbonyl (C=O) groups is 3. The number of para-hydroxylation sites is 1. The maximum absolute atomic E-state index is 12.6. The molecule has 164 valence electrons. The van der Waals surface area contributed by atoms with Crippen LogP contribution >= 0.6 is 11.8 Å². The highest BCUT2D eigenvalue weighted by Gasteiger charge is 2.27. The van der Waals surface area contributed by atoms with E-state index < -0.39 is 11.9 Å². The van der Waals surface area contributed by atoms with Crippen molar-refractivity contribution < 1.29 is 23.9 Å². The van der Waals surface area contributed by atoms with E-state index >= 15 is 0 Å². The smallest absolute Gasteiger partial charge is 0.333 e. The Hall–Kier alpha value is -3.14. The molecular formula is C21H23N3O6S. The number of fused-ring (bicyclic) bond motifs is 1. The number of ether oxygens (including phenoxy) is 2. The minimum absolute atomic E-state index is 0.0326. The van der Waals surface area contributed by atoms with Crippen LogP contribution in [0.5, 0.6) is 0 Å². The molecule has 31 heavy (non-hydrogen) atoms. The van der Waals surface area contributed by atoms with Crippen molar-refractivity contribution in [3.05, 3.63) is 51.5 Å². The number of nitrogens with zero attached hydrogens (tertiary/aromatic N) is 3. The third kappa shape index (κ3) is 5.52. The molecule has 1 aromatic carbocycles. The minimum atomic E-state index is -0.526. The Morgan fingerprint density at radius 2 is 2.06 bits per heavy atom. The molecule has 2 aromatic rings. The topological polar surface area (TPSA) is 108 Å². The van der Waals surface area contributed by atoms with E-state index in [1.54, 1.807) is 12.1 Å². The Morgan fingerprint density at radius 3 is 2.84 bits per heavy atom. The second-order valence-electron chi connectivity index (χ2n) is 6.88. The molecule has 0 radical (unpaired) electrons. The highest BCUT2D eigenvalue weighted by molar-refractivity contribution is 8.04. The first-order chi connectivity index (χ1) is 14.9. The lowest BCUT2D eigenvalue weighted by molar-refractivity contribution is -0.144. The van der Waals surface area contributed by atoms with Crippen molar-refractivity contribution in [3.8, 4) is 0 Å². The average molecular weight is 445 g/mol. The van der Waals surface area contributed by atoms with Crippen LogP contribution in [0.4, 0.5) is 0 Å².